The van der Waals surface area contributed by atoms with E-state index >= 15 is 0 Å². The number of hydrogen-bond donors (Lipinski definition) is 6. The summed E-state index contributed by atoms with van der Waals surface area (Å²) >= 11 is 0. The number of hydroxylamine groups is 1. The Morgan fingerprint density at radius 3 is 2.40 bits per heavy atom. The Morgan fingerprint density at radius 2 is 1.77 bits per heavy atom. The molecule has 0 atom stereocenters. The Balaban J connectivity index is 0.000000267. The summed E-state index contributed by atoms with van der Waals surface area (Å²) in [4.78, 5) is 33.1. The SMILES string of the molecule is C=C/C=C(\C=C)CNc1ncnc2[nH]c(-c3ccc(NC=O)cc3)cc12.CNc1ccc(/C=C/C(=O)NO)cc1. The highest BCUT2D eigenvalue weighted by Gasteiger charge is 2.09. The van der Waals surface area contributed by atoms with Crippen LogP contribution in [0.25, 0.3) is 28.4 Å². The number of amides is 2. The van der Waals surface area contributed by atoms with Crippen LogP contribution in [-0.2, 0) is 9.59 Å². The molecule has 0 bridgehead atoms. The fourth-order valence-corrected chi connectivity index (χ4v) is 3.56. The maximum absolute atomic E-state index is 10.6. The summed E-state index contributed by atoms with van der Waals surface area (Å²) in [5.74, 6) is 0.205. The number of nitrogens with one attached hydrogen (secondary N) is 5. The van der Waals surface area contributed by atoms with Crippen molar-refractivity contribution in [3.05, 3.63) is 110 Å². The monoisotopic (exact) mass is 537 g/mol. The molecule has 10 nitrogen and oxygen atoms in total. The number of aromatic nitrogens is 3. The number of hydrogen-bond acceptors (Lipinski definition) is 7. The van der Waals surface area contributed by atoms with E-state index in [4.69, 9.17) is 5.21 Å². The van der Waals surface area contributed by atoms with Crippen molar-refractivity contribution < 1.29 is 14.8 Å². The van der Waals surface area contributed by atoms with Crippen LogP contribution in [0.1, 0.15) is 5.56 Å². The highest BCUT2D eigenvalue weighted by atomic mass is 16.5. The summed E-state index contributed by atoms with van der Waals surface area (Å²) in [5.41, 5.74) is 7.84. The van der Waals surface area contributed by atoms with Crippen molar-refractivity contribution in [2.24, 2.45) is 0 Å². The molecule has 2 aromatic carbocycles. The first-order valence-electron chi connectivity index (χ1n) is 12.2. The van der Waals surface area contributed by atoms with Gasteiger partial charge in [0.15, 0.2) is 0 Å². The van der Waals surface area contributed by atoms with Crippen molar-refractivity contribution in [2.45, 2.75) is 0 Å². The molecule has 2 amide bonds. The van der Waals surface area contributed by atoms with Crippen LogP contribution in [0.3, 0.4) is 0 Å². The lowest BCUT2D eigenvalue weighted by molar-refractivity contribution is -0.124. The molecule has 10 heteroatoms. The fourth-order valence-electron chi connectivity index (χ4n) is 3.56. The van der Waals surface area contributed by atoms with Crippen LogP contribution in [0.15, 0.2) is 104 Å². The molecule has 6 N–H and O–H groups in total. The molecule has 0 aliphatic carbocycles. The quantitative estimate of drug-likeness (QED) is 0.0510. The molecule has 0 radical (unpaired) electrons. The number of allylic oxidation sites excluding steroid dienone is 2. The Morgan fingerprint density at radius 1 is 1.05 bits per heavy atom. The summed E-state index contributed by atoms with van der Waals surface area (Å²) in [7, 11) is 1.84. The van der Waals surface area contributed by atoms with Gasteiger partial charge in [0.2, 0.25) is 6.41 Å². The van der Waals surface area contributed by atoms with Crippen LogP contribution >= 0.6 is 0 Å². The lowest BCUT2D eigenvalue weighted by Crippen LogP contribution is -2.14. The van der Waals surface area contributed by atoms with E-state index in [0.29, 0.717) is 13.0 Å². The van der Waals surface area contributed by atoms with E-state index in [9.17, 15) is 9.59 Å². The van der Waals surface area contributed by atoms with Crippen molar-refractivity contribution in [2.75, 3.05) is 29.5 Å². The minimum atomic E-state index is -0.539. The van der Waals surface area contributed by atoms with E-state index < -0.39 is 5.91 Å². The number of rotatable bonds is 11. The van der Waals surface area contributed by atoms with Gasteiger partial charge < -0.3 is 20.9 Å². The molecule has 2 aromatic heterocycles. The van der Waals surface area contributed by atoms with Gasteiger partial charge in [-0.25, -0.2) is 15.4 Å². The van der Waals surface area contributed by atoms with Gasteiger partial charge in [-0.1, -0.05) is 55.7 Å². The lowest BCUT2D eigenvalue weighted by atomic mass is 10.1. The Bertz CT molecular complexity index is 1500. The van der Waals surface area contributed by atoms with Crippen LogP contribution in [0.5, 0.6) is 0 Å². The lowest BCUT2D eigenvalue weighted by Gasteiger charge is -2.06. The molecule has 0 unspecified atom stereocenters. The van der Waals surface area contributed by atoms with Gasteiger partial charge >= 0.3 is 0 Å². The van der Waals surface area contributed by atoms with Crippen molar-refractivity contribution in [1.82, 2.24) is 20.4 Å². The molecule has 40 heavy (non-hydrogen) atoms. The summed E-state index contributed by atoms with van der Waals surface area (Å²) in [6.07, 6.45) is 10.5. The van der Waals surface area contributed by atoms with E-state index in [-0.39, 0.29) is 0 Å². The third-order valence-corrected chi connectivity index (χ3v) is 5.64. The molecule has 0 aliphatic heterocycles. The molecular formula is C30H31N7O3. The molecule has 204 valence electrons. The van der Waals surface area contributed by atoms with Gasteiger partial charge in [0, 0.05) is 36.7 Å². The zero-order valence-corrected chi connectivity index (χ0v) is 22.0. The van der Waals surface area contributed by atoms with E-state index in [0.717, 1.165) is 50.6 Å². The van der Waals surface area contributed by atoms with Crippen molar-refractivity contribution >= 4 is 46.6 Å². The summed E-state index contributed by atoms with van der Waals surface area (Å²) in [6.45, 7) is 8.09. The third-order valence-electron chi connectivity index (χ3n) is 5.64. The van der Waals surface area contributed by atoms with Crippen LogP contribution in [-0.4, -0.2) is 46.1 Å². The molecule has 4 rings (SSSR count). The van der Waals surface area contributed by atoms with E-state index in [1.165, 1.54) is 17.9 Å². The van der Waals surface area contributed by atoms with Crippen LogP contribution in [0.4, 0.5) is 17.2 Å². The predicted octanol–water partition coefficient (Wildman–Crippen LogP) is 5.15. The summed E-state index contributed by atoms with van der Waals surface area (Å²) in [5, 5.41) is 18.1. The largest absolute Gasteiger partial charge is 0.388 e. The first kappa shape index (κ1) is 29.1. The Kier molecular flexibility index (Phi) is 10.9. The van der Waals surface area contributed by atoms with Crippen LogP contribution < -0.4 is 21.4 Å². The molecule has 4 aromatic rings. The summed E-state index contributed by atoms with van der Waals surface area (Å²) < 4.78 is 0. The van der Waals surface area contributed by atoms with Gasteiger partial charge in [-0.15, -0.1) is 0 Å². The normalized spacial score (nSPS) is 10.8. The molecule has 0 saturated carbocycles. The van der Waals surface area contributed by atoms with Crippen molar-refractivity contribution in [1.29, 1.82) is 0 Å². The Hall–Kier alpha value is -5.48. The average molecular weight is 538 g/mol. The third kappa shape index (κ3) is 8.27. The number of fused-ring (bicyclic) bond motifs is 1. The van der Waals surface area contributed by atoms with Crippen molar-refractivity contribution in [3.63, 3.8) is 0 Å². The smallest absolute Gasteiger partial charge is 0.267 e. The van der Waals surface area contributed by atoms with Crippen LogP contribution in [0, 0.1) is 0 Å². The van der Waals surface area contributed by atoms with Gasteiger partial charge in [0.05, 0.1) is 5.39 Å². The number of carbonyl (C=O) groups excluding carboxylic acids is 2. The molecule has 0 spiro atoms. The second kappa shape index (κ2) is 15.1. The second-order valence-electron chi connectivity index (χ2n) is 8.22. The zero-order chi connectivity index (χ0) is 28.7. The fraction of sp³-hybridized carbons (Fsp3) is 0.0667. The van der Waals surface area contributed by atoms with E-state index in [2.05, 4.69) is 44.1 Å². The van der Waals surface area contributed by atoms with E-state index in [1.54, 1.807) is 18.2 Å². The number of aromatic amines is 1. The number of benzene rings is 2. The van der Waals surface area contributed by atoms with Crippen LogP contribution in [0.2, 0.25) is 0 Å². The zero-order valence-electron chi connectivity index (χ0n) is 22.0. The van der Waals surface area contributed by atoms with Gasteiger partial charge in [-0.05, 0) is 53.1 Å². The van der Waals surface area contributed by atoms with Gasteiger partial charge in [0.1, 0.15) is 17.8 Å². The average Bonchev–Trinajstić information content (AvgIpc) is 3.44. The first-order chi connectivity index (χ1) is 19.5. The molecule has 0 saturated heterocycles. The number of H-pyrrole nitrogens is 1. The molecule has 0 aliphatic rings. The molecule has 2 heterocycles. The minimum absolute atomic E-state index is 0.539. The summed E-state index contributed by atoms with van der Waals surface area (Å²) in [6, 6.07) is 17.1. The number of carbonyl (C=O) groups is 2. The number of nitrogens with zero attached hydrogens (tertiary/aromatic N) is 2. The second-order valence-corrected chi connectivity index (χ2v) is 8.22. The molecule has 0 fully saturated rings. The maximum atomic E-state index is 10.6. The Labute approximate surface area is 232 Å². The highest BCUT2D eigenvalue weighted by Crippen LogP contribution is 2.27. The maximum Gasteiger partial charge on any atom is 0.267 e. The topological polar surface area (TPSA) is 144 Å². The van der Waals surface area contributed by atoms with Crippen molar-refractivity contribution in [3.8, 4) is 11.3 Å². The number of anilines is 3. The highest BCUT2D eigenvalue weighted by molar-refractivity contribution is 5.92. The molecular weight excluding hydrogens is 506 g/mol. The van der Waals surface area contributed by atoms with Gasteiger partial charge in [-0.2, -0.15) is 0 Å². The standard InChI is InChI=1S/C20H19N5O.C10H12N2O2/c1-3-5-14(4-2)11-21-19-17-10-18(25-20(17)23-12-22-19)15-6-8-16(9-7-15)24-13-26;1-11-9-5-2-8(3-6-9)4-7-10(13)12-14/h3-10,12-13H,1-2,11H2,(H,24,26)(H2,21,22,23,25);2-7,11,14H,1H3,(H,12,13)/b14-5+;7-4+. The predicted molar refractivity (Wildman–Crippen MR) is 161 cm³/mol. The van der Waals surface area contributed by atoms with Gasteiger partial charge in [0.25, 0.3) is 5.91 Å². The van der Waals surface area contributed by atoms with Gasteiger partial charge in [-0.3, -0.25) is 14.8 Å². The first-order valence-corrected chi connectivity index (χ1v) is 12.2. The minimum Gasteiger partial charge on any atom is -0.388 e. The van der Waals surface area contributed by atoms with E-state index in [1.807, 2.05) is 67.7 Å².